The fraction of sp³-hybridized carbons (Fsp3) is 0.714. The molecule has 0 aromatic carbocycles. The minimum atomic E-state index is -0.731. The van der Waals surface area contributed by atoms with E-state index in [1.807, 2.05) is 12.3 Å². The van der Waals surface area contributed by atoms with E-state index in [1.54, 1.807) is 0 Å². The molecule has 1 saturated carbocycles. The van der Waals surface area contributed by atoms with Gasteiger partial charge in [0.15, 0.2) is 0 Å². The minimum absolute atomic E-state index is 0.619. The first-order valence-electron chi connectivity index (χ1n) is 6.62. The maximum absolute atomic E-state index is 10.5. The average Bonchev–Trinajstić information content (AvgIpc) is 2.84. The highest BCUT2D eigenvalue weighted by Crippen LogP contribution is 2.47. The smallest absolute Gasteiger partial charge is 0.115 e. The Kier molecular flexibility index (Phi) is 4.04. The topological polar surface area (TPSA) is 56.9 Å². The van der Waals surface area contributed by atoms with Gasteiger partial charge in [-0.3, -0.25) is 0 Å². The van der Waals surface area contributed by atoms with Gasteiger partial charge in [0.2, 0.25) is 0 Å². The Balaban J connectivity index is 2.16. The molecule has 18 heavy (non-hydrogen) atoms. The van der Waals surface area contributed by atoms with Gasteiger partial charge in [-0.25, -0.2) is 4.98 Å². The molecular weight excluding hydrogens is 244 g/mol. The van der Waals surface area contributed by atoms with Gasteiger partial charge in [0.25, 0.3) is 0 Å². The Bertz CT molecular complexity index is 441. The van der Waals surface area contributed by atoms with Crippen LogP contribution in [0.4, 0.5) is 0 Å². The number of hydrogen-bond acceptors (Lipinski definition) is 4. The van der Waals surface area contributed by atoms with Crippen LogP contribution in [0.1, 0.15) is 55.8 Å². The summed E-state index contributed by atoms with van der Waals surface area (Å²) in [6, 6.07) is 2.38. The van der Waals surface area contributed by atoms with Crippen LogP contribution in [0.2, 0.25) is 0 Å². The Morgan fingerprint density at radius 1 is 1.61 bits per heavy atom. The quantitative estimate of drug-likeness (QED) is 0.907. The molecular formula is C14H20N2OS. The van der Waals surface area contributed by atoms with E-state index in [0.29, 0.717) is 5.69 Å². The van der Waals surface area contributed by atoms with E-state index in [4.69, 9.17) is 0 Å². The summed E-state index contributed by atoms with van der Waals surface area (Å²) in [6.45, 7) is 4.12. The second-order valence-electron chi connectivity index (χ2n) is 5.31. The van der Waals surface area contributed by atoms with Crippen LogP contribution in [0.25, 0.3) is 0 Å². The number of aliphatic hydroxyl groups is 1. The predicted octanol–water partition coefficient (Wildman–Crippen LogP) is 3.60. The maximum atomic E-state index is 10.5. The summed E-state index contributed by atoms with van der Waals surface area (Å²) in [7, 11) is 0. The van der Waals surface area contributed by atoms with Gasteiger partial charge < -0.3 is 5.11 Å². The highest BCUT2D eigenvalue weighted by molar-refractivity contribution is 7.09. The molecule has 3 nitrogen and oxygen atoms in total. The van der Waals surface area contributed by atoms with Crippen LogP contribution in [0.3, 0.4) is 0 Å². The van der Waals surface area contributed by atoms with E-state index >= 15 is 0 Å². The normalized spacial score (nSPS) is 29.8. The summed E-state index contributed by atoms with van der Waals surface area (Å²) in [5, 5.41) is 22.8. The van der Waals surface area contributed by atoms with Crippen molar-refractivity contribution in [2.24, 2.45) is 11.3 Å². The van der Waals surface area contributed by atoms with Crippen molar-refractivity contribution in [3.05, 3.63) is 16.1 Å². The first kappa shape index (κ1) is 13.5. The zero-order valence-corrected chi connectivity index (χ0v) is 11.8. The summed E-state index contributed by atoms with van der Waals surface area (Å²) in [4.78, 5) is 4.34. The van der Waals surface area contributed by atoms with E-state index in [9.17, 15) is 10.4 Å². The lowest BCUT2D eigenvalue weighted by atomic mass is 9.67. The molecule has 0 aliphatic heterocycles. The van der Waals surface area contributed by atoms with Crippen LogP contribution in [-0.4, -0.2) is 10.1 Å². The highest BCUT2D eigenvalue weighted by Gasteiger charge is 2.43. The third-order valence-electron chi connectivity index (χ3n) is 4.24. The number of thiazole rings is 1. The second kappa shape index (κ2) is 5.38. The molecule has 1 atom stereocenters. The standard InChI is InChI=1S/C14H20N2OS/c1-3-11-4-6-14(9-15,7-5-11)13(17)12-8-18-10(2)16-12/h8,11,13,17H,3-7H2,1-2H3. The van der Waals surface area contributed by atoms with E-state index in [2.05, 4.69) is 18.0 Å². The zero-order valence-electron chi connectivity index (χ0n) is 11.0. The van der Waals surface area contributed by atoms with Gasteiger partial charge in [-0.15, -0.1) is 11.3 Å². The zero-order chi connectivity index (χ0) is 13.2. The average molecular weight is 264 g/mol. The SMILES string of the molecule is CCC1CCC(C#N)(C(O)c2csc(C)n2)CC1. The number of aryl methyl sites for hydroxylation is 1. The maximum Gasteiger partial charge on any atom is 0.115 e. The number of aromatic nitrogens is 1. The third kappa shape index (κ3) is 2.43. The van der Waals surface area contributed by atoms with Crippen LogP contribution >= 0.6 is 11.3 Å². The predicted molar refractivity (Wildman–Crippen MR) is 72.1 cm³/mol. The molecule has 0 amide bonds. The molecule has 1 N–H and O–H groups in total. The lowest BCUT2D eigenvalue weighted by Crippen LogP contribution is -2.32. The van der Waals surface area contributed by atoms with Crippen LogP contribution < -0.4 is 0 Å². The Morgan fingerprint density at radius 3 is 2.72 bits per heavy atom. The Labute approximate surface area is 112 Å². The van der Waals surface area contributed by atoms with Crippen molar-refractivity contribution in [3.8, 4) is 6.07 Å². The minimum Gasteiger partial charge on any atom is -0.385 e. The van der Waals surface area contributed by atoms with Crippen LogP contribution in [-0.2, 0) is 0 Å². The number of nitriles is 1. The molecule has 0 bridgehead atoms. The molecule has 1 aromatic rings. The molecule has 1 heterocycles. The van der Waals surface area contributed by atoms with E-state index in [-0.39, 0.29) is 0 Å². The van der Waals surface area contributed by atoms with Crippen molar-refractivity contribution >= 4 is 11.3 Å². The summed E-state index contributed by atoms with van der Waals surface area (Å²) >= 11 is 1.53. The van der Waals surface area contributed by atoms with Crippen molar-refractivity contribution in [2.75, 3.05) is 0 Å². The van der Waals surface area contributed by atoms with Gasteiger partial charge in [-0.05, 0) is 38.5 Å². The van der Waals surface area contributed by atoms with Crippen molar-refractivity contribution in [2.45, 2.75) is 52.1 Å². The monoisotopic (exact) mass is 264 g/mol. The van der Waals surface area contributed by atoms with Crippen molar-refractivity contribution in [3.63, 3.8) is 0 Å². The summed E-state index contributed by atoms with van der Waals surface area (Å²) in [6.07, 6.45) is 4.12. The summed E-state index contributed by atoms with van der Waals surface area (Å²) in [5.74, 6) is 0.718. The molecule has 1 aromatic heterocycles. The van der Waals surface area contributed by atoms with Crippen LogP contribution in [0.15, 0.2) is 5.38 Å². The lowest BCUT2D eigenvalue weighted by molar-refractivity contribution is 0.0217. The molecule has 4 heteroatoms. The largest absolute Gasteiger partial charge is 0.385 e. The van der Waals surface area contributed by atoms with Crippen molar-refractivity contribution < 1.29 is 5.11 Å². The molecule has 1 unspecified atom stereocenters. The Morgan fingerprint density at radius 2 is 2.28 bits per heavy atom. The highest BCUT2D eigenvalue weighted by atomic mass is 32.1. The van der Waals surface area contributed by atoms with Crippen LogP contribution in [0.5, 0.6) is 0 Å². The molecule has 0 saturated heterocycles. The Hall–Kier alpha value is -0.920. The summed E-state index contributed by atoms with van der Waals surface area (Å²) in [5.41, 5.74) is 0.0561. The first-order chi connectivity index (χ1) is 8.61. The van der Waals surface area contributed by atoms with Gasteiger partial charge in [-0.2, -0.15) is 5.26 Å². The van der Waals surface area contributed by atoms with Gasteiger partial charge in [0.1, 0.15) is 6.10 Å². The molecule has 98 valence electrons. The molecule has 0 spiro atoms. The number of rotatable bonds is 3. The fourth-order valence-corrected chi connectivity index (χ4v) is 3.47. The van der Waals surface area contributed by atoms with E-state index in [0.717, 1.165) is 36.6 Å². The van der Waals surface area contributed by atoms with Gasteiger partial charge >= 0.3 is 0 Å². The molecule has 2 rings (SSSR count). The molecule has 0 radical (unpaired) electrons. The number of nitrogens with zero attached hydrogens (tertiary/aromatic N) is 2. The van der Waals surface area contributed by atoms with Gasteiger partial charge in [0, 0.05) is 5.38 Å². The fourth-order valence-electron chi connectivity index (χ4n) is 2.84. The number of aliphatic hydroxyl groups excluding tert-OH is 1. The van der Waals surface area contributed by atoms with Crippen LogP contribution in [0, 0.1) is 29.6 Å². The second-order valence-corrected chi connectivity index (χ2v) is 6.38. The van der Waals surface area contributed by atoms with E-state index in [1.165, 1.54) is 17.8 Å². The first-order valence-corrected chi connectivity index (χ1v) is 7.50. The van der Waals surface area contributed by atoms with Crippen molar-refractivity contribution in [1.29, 1.82) is 5.26 Å². The molecule has 1 aliphatic rings. The lowest BCUT2D eigenvalue weighted by Gasteiger charge is -2.37. The molecule has 1 aliphatic carbocycles. The van der Waals surface area contributed by atoms with Gasteiger partial charge in [-0.1, -0.05) is 13.3 Å². The molecule has 1 fully saturated rings. The van der Waals surface area contributed by atoms with Crippen molar-refractivity contribution in [1.82, 2.24) is 4.98 Å². The number of hydrogen-bond donors (Lipinski definition) is 1. The summed E-state index contributed by atoms with van der Waals surface area (Å²) < 4.78 is 0. The van der Waals surface area contributed by atoms with Gasteiger partial charge in [0.05, 0.1) is 22.2 Å². The third-order valence-corrected chi connectivity index (χ3v) is 5.03. The van der Waals surface area contributed by atoms with E-state index < -0.39 is 11.5 Å².